The second-order valence-electron chi connectivity index (χ2n) is 5.94. The molecule has 2 saturated heterocycles. The summed E-state index contributed by atoms with van der Waals surface area (Å²) in [6.45, 7) is 5.91. The van der Waals surface area contributed by atoms with E-state index in [-0.39, 0.29) is 24.0 Å². The lowest BCUT2D eigenvalue weighted by atomic mass is 9.97. The number of amides is 1. The molecule has 0 radical (unpaired) electrons. The van der Waals surface area contributed by atoms with E-state index in [0.717, 1.165) is 12.8 Å². The topological polar surface area (TPSA) is 66.9 Å². The van der Waals surface area contributed by atoms with Crippen molar-refractivity contribution in [2.45, 2.75) is 38.8 Å². The lowest BCUT2D eigenvalue weighted by molar-refractivity contribution is -0.148. The lowest BCUT2D eigenvalue weighted by Gasteiger charge is -2.40. The van der Waals surface area contributed by atoms with Crippen LogP contribution in [0.2, 0.25) is 0 Å². The van der Waals surface area contributed by atoms with Crippen LogP contribution in [-0.4, -0.2) is 68.2 Å². The molecule has 0 spiro atoms. The zero-order valence-electron chi connectivity index (χ0n) is 12.4. The summed E-state index contributed by atoms with van der Waals surface area (Å²) in [6.07, 6.45) is 2.77. The number of hydrogen-bond acceptors (Lipinski definition) is 4. The molecular weight excluding hydrogens is 280 g/mol. The highest BCUT2D eigenvalue weighted by atomic mass is 32.2. The molecule has 0 aromatic rings. The zero-order valence-corrected chi connectivity index (χ0v) is 13.2. The number of carbonyl (C=O) groups excluding carboxylic acids is 1. The molecule has 2 aliphatic rings. The van der Waals surface area contributed by atoms with Crippen LogP contribution in [0, 0.1) is 5.92 Å². The van der Waals surface area contributed by atoms with Crippen LogP contribution in [-0.2, 0) is 19.6 Å². The summed E-state index contributed by atoms with van der Waals surface area (Å²) in [7, 11) is -3.21. The van der Waals surface area contributed by atoms with E-state index in [0.29, 0.717) is 26.2 Å². The quantitative estimate of drug-likeness (QED) is 0.735. The molecule has 116 valence electrons. The van der Waals surface area contributed by atoms with Crippen LogP contribution in [0.4, 0.5) is 0 Å². The summed E-state index contributed by atoms with van der Waals surface area (Å²) in [4.78, 5) is 14.5. The van der Waals surface area contributed by atoms with Crippen LogP contribution in [0.3, 0.4) is 0 Å². The first-order valence-corrected chi connectivity index (χ1v) is 9.01. The van der Waals surface area contributed by atoms with E-state index in [2.05, 4.69) is 0 Å². The van der Waals surface area contributed by atoms with E-state index >= 15 is 0 Å². The number of hydrogen-bond donors (Lipinski definition) is 0. The van der Waals surface area contributed by atoms with E-state index in [1.54, 1.807) is 0 Å². The van der Waals surface area contributed by atoms with Gasteiger partial charge in [0.05, 0.1) is 30.9 Å². The zero-order chi connectivity index (χ0) is 14.9. The summed E-state index contributed by atoms with van der Waals surface area (Å²) in [5.74, 6) is -0.146. The second kappa shape index (κ2) is 5.99. The average molecular weight is 304 g/mol. The molecule has 0 aromatic heterocycles. The summed E-state index contributed by atoms with van der Waals surface area (Å²) >= 11 is 0. The Bertz CT molecular complexity index is 465. The van der Waals surface area contributed by atoms with Crippen molar-refractivity contribution in [3.8, 4) is 0 Å². The predicted octanol–water partition coefficient (Wildman–Crippen LogP) is 0.294. The van der Waals surface area contributed by atoms with Gasteiger partial charge in [-0.1, -0.05) is 0 Å². The Labute approximate surface area is 121 Å². The number of ether oxygens (including phenoxy) is 1. The smallest absolute Gasteiger partial charge is 0.227 e. The SMILES string of the molecule is CC1CN(C(=O)C2CCCN(S(C)(=O)=O)C2)C(C)CO1. The van der Waals surface area contributed by atoms with E-state index in [9.17, 15) is 13.2 Å². The molecule has 3 atom stereocenters. The third-order valence-corrected chi connectivity index (χ3v) is 5.36. The molecule has 20 heavy (non-hydrogen) atoms. The van der Waals surface area contributed by atoms with E-state index in [1.807, 2.05) is 18.7 Å². The summed E-state index contributed by atoms with van der Waals surface area (Å²) < 4.78 is 30.2. The van der Waals surface area contributed by atoms with Gasteiger partial charge in [0.25, 0.3) is 0 Å². The molecule has 6 nitrogen and oxygen atoms in total. The van der Waals surface area contributed by atoms with E-state index in [4.69, 9.17) is 4.74 Å². The van der Waals surface area contributed by atoms with Gasteiger partial charge in [0, 0.05) is 19.6 Å². The average Bonchev–Trinajstić information content (AvgIpc) is 2.40. The van der Waals surface area contributed by atoms with Crippen LogP contribution >= 0.6 is 0 Å². The van der Waals surface area contributed by atoms with Gasteiger partial charge in [0.1, 0.15) is 0 Å². The molecule has 1 amide bonds. The van der Waals surface area contributed by atoms with Crippen molar-refractivity contribution in [2.24, 2.45) is 5.92 Å². The van der Waals surface area contributed by atoms with Crippen molar-refractivity contribution in [1.29, 1.82) is 0 Å². The van der Waals surface area contributed by atoms with Gasteiger partial charge >= 0.3 is 0 Å². The first-order chi connectivity index (χ1) is 9.29. The molecule has 2 heterocycles. The van der Waals surface area contributed by atoms with Gasteiger partial charge in [-0.2, -0.15) is 0 Å². The fraction of sp³-hybridized carbons (Fsp3) is 0.923. The van der Waals surface area contributed by atoms with Gasteiger partial charge in [-0.05, 0) is 26.7 Å². The van der Waals surface area contributed by atoms with E-state index in [1.165, 1.54) is 10.6 Å². The third-order valence-electron chi connectivity index (χ3n) is 4.09. The number of sulfonamides is 1. The van der Waals surface area contributed by atoms with Crippen molar-refractivity contribution >= 4 is 15.9 Å². The minimum atomic E-state index is -3.21. The molecule has 0 aromatic carbocycles. The first-order valence-electron chi connectivity index (χ1n) is 7.16. The van der Waals surface area contributed by atoms with E-state index < -0.39 is 10.0 Å². The van der Waals surface area contributed by atoms with Crippen LogP contribution in [0.1, 0.15) is 26.7 Å². The molecule has 0 saturated carbocycles. The molecule has 0 aliphatic carbocycles. The largest absolute Gasteiger partial charge is 0.375 e. The summed E-state index contributed by atoms with van der Waals surface area (Å²) in [5, 5.41) is 0. The minimum Gasteiger partial charge on any atom is -0.375 e. The molecule has 0 bridgehead atoms. The normalized spacial score (nSPS) is 33.1. The Morgan fingerprint density at radius 1 is 1.25 bits per heavy atom. The predicted molar refractivity (Wildman–Crippen MR) is 75.7 cm³/mol. The minimum absolute atomic E-state index is 0.0461. The summed E-state index contributed by atoms with van der Waals surface area (Å²) in [6, 6.07) is 0.0623. The van der Waals surface area contributed by atoms with Gasteiger partial charge in [-0.25, -0.2) is 12.7 Å². The molecule has 7 heteroatoms. The maximum Gasteiger partial charge on any atom is 0.227 e. The highest BCUT2D eigenvalue weighted by Gasteiger charge is 2.36. The van der Waals surface area contributed by atoms with Crippen LogP contribution in [0.25, 0.3) is 0 Å². The van der Waals surface area contributed by atoms with Crippen molar-refractivity contribution in [1.82, 2.24) is 9.21 Å². The van der Waals surface area contributed by atoms with Gasteiger partial charge in [0.2, 0.25) is 15.9 Å². The van der Waals surface area contributed by atoms with Gasteiger partial charge in [0.15, 0.2) is 0 Å². The van der Waals surface area contributed by atoms with Crippen molar-refractivity contribution in [3.63, 3.8) is 0 Å². The van der Waals surface area contributed by atoms with Crippen molar-refractivity contribution < 1.29 is 17.9 Å². The first kappa shape index (κ1) is 15.7. The lowest BCUT2D eigenvalue weighted by Crippen LogP contribution is -2.54. The number of morpholine rings is 1. The van der Waals surface area contributed by atoms with Crippen LogP contribution < -0.4 is 0 Å². The second-order valence-corrected chi connectivity index (χ2v) is 7.93. The highest BCUT2D eigenvalue weighted by Crippen LogP contribution is 2.23. The Morgan fingerprint density at radius 3 is 2.60 bits per heavy atom. The maximum absolute atomic E-state index is 12.6. The molecule has 2 rings (SSSR count). The Morgan fingerprint density at radius 2 is 1.95 bits per heavy atom. The van der Waals surface area contributed by atoms with Crippen LogP contribution in [0.15, 0.2) is 0 Å². The molecule has 2 fully saturated rings. The Balaban J connectivity index is 2.04. The maximum atomic E-state index is 12.6. The highest BCUT2D eigenvalue weighted by molar-refractivity contribution is 7.88. The Kier molecular flexibility index (Phi) is 4.71. The van der Waals surface area contributed by atoms with Crippen molar-refractivity contribution in [3.05, 3.63) is 0 Å². The van der Waals surface area contributed by atoms with Crippen LogP contribution in [0.5, 0.6) is 0 Å². The monoisotopic (exact) mass is 304 g/mol. The molecule has 0 N–H and O–H groups in total. The number of rotatable bonds is 2. The number of piperidine rings is 1. The van der Waals surface area contributed by atoms with Gasteiger partial charge < -0.3 is 9.64 Å². The third kappa shape index (κ3) is 3.51. The fourth-order valence-corrected chi connectivity index (χ4v) is 3.80. The Hall–Kier alpha value is -0.660. The fourth-order valence-electron chi connectivity index (χ4n) is 2.89. The number of nitrogens with zero attached hydrogens (tertiary/aromatic N) is 2. The van der Waals surface area contributed by atoms with Crippen molar-refractivity contribution in [2.75, 3.05) is 32.5 Å². The standard InChI is InChI=1S/C13H24N2O4S/c1-10-9-19-11(2)7-15(10)13(16)12-5-4-6-14(8-12)20(3,17)18/h10-12H,4-9H2,1-3H3. The molecular formula is C13H24N2O4S. The van der Waals surface area contributed by atoms with Gasteiger partial charge in [-0.3, -0.25) is 4.79 Å². The van der Waals surface area contributed by atoms with Gasteiger partial charge in [-0.15, -0.1) is 0 Å². The molecule has 3 unspecified atom stereocenters. The number of carbonyl (C=O) groups is 1. The molecule has 2 aliphatic heterocycles. The summed E-state index contributed by atoms with van der Waals surface area (Å²) in [5.41, 5.74) is 0.